The van der Waals surface area contributed by atoms with Crippen LogP contribution in [0.25, 0.3) is 22.5 Å². The molecule has 23 heavy (non-hydrogen) atoms. The van der Waals surface area contributed by atoms with Gasteiger partial charge in [-0.05, 0) is 6.92 Å². The van der Waals surface area contributed by atoms with E-state index in [9.17, 15) is 0 Å². The lowest BCUT2D eigenvalue weighted by Gasteiger charge is -2.02. The Labute approximate surface area is 141 Å². The third-order valence-corrected chi connectivity index (χ3v) is 4.30. The summed E-state index contributed by atoms with van der Waals surface area (Å²) in [5.41, 5.74) is 4.33. The zero-order chi connectivity index (χ0) is 15.9. The van der Waals surface area contributed by atoms with Gasteiger partial charge in [0.1, 0.15) is 0 Å². The number of nitrogens with one attached hydrogen (secondary N) is 1. The van der Waals surface area contributed by atoms with Gasteiger partial charge in [0.25, 0.3) is 0 Å². The van der Waals surface area contributed by atoms with Crippen LogP contribution in [-0.2, 0) is 4.74 Å². The molecule has 0 saturated heterocycles. The molecule has 118 valence electrons. The Morgan fingerprint density at radius 1 is 0.957 bits per heavy atom. The molecule has 3 rings (SSSR count). The Balaban J connectivity index is 1.91. The minimum atomic E-state index is 0.739. The number of hydrogen-bond donors (Lipinski definition) is 1. The molecular weight excluding hydrogens is 304 g/mol. The molecule has 0 saturated carbocycles. The predicted molar refractivity (Wildman–Crippen MR) is 96.7 cm³/mol. The maximum atomic E-state index is 5.40. The Bertz CT molecular complexity index is 669. The molecule has 1 aromatic heterocycles. The van der Waals surface area contributed by atoms with Crippen LogP contribution in [0.5, 0.6) is 0 Å². The van der Waals surface area contributed by atoms with Crippen LogP contribution in [0.3, 0.4) is 0 Å². The van der Waals surface area contributed by atoms with E-state index in [-0.39, 0.29) is 0 Å². The van der Waals surface area contributed by atoms with Gasteiger partial charge in [0.05, 0.1) is 18.0 Å². The topological polar surface area (TPSA) is 37.9 Å². The highest BCUT2D eigenvalue weighted by Crippen LogP contribution is 2.32. The van der Waals surface area contributed by atoms with Crippen molar-refractivity contribution in [1.82, 2.24) is 9.97 Å². The molecule has 4 heteroatoms. The molecule has 1 heterocycles. The Morgan fingerprint density at radius 3 is 2.26 bits per heavy atom. The fraction of sp³-hybridized carbons (Fsp3) is 0.211. The van der Waals surface area contributed by atoms with Gasteiger partial charge in [0, 0.05) is 23.5 Å². The number of rotatable bonds is 7. The van der Waals surface area contributed by atoms with E-state index in [0.29, 0.717) is 0 Å². The van der Waals surface area contributed by atoms with Gasteiger partial charge in [0.15, 0.2) is 5.16 Å². The van der Waals surface area contributed by atoms with Gasteiger partial charge in [-0.1, -0.05) is 72.4 Å². The average molecular weight is 324 g/mol. The first kappa shape index (κ1) is 15.8. The van der Waals surface area contributed by atoms with Crippen molar-refractivity contribution >= 4 is 11.8 Å². The molecule has 0 unspecified atom stereocenters. The van der Waals surface area contributed by atoms with E-state index in [1.807, 2.05) is 43.3 Å². The first-order valence-electron chi connectivity index (χ1n) is 7.80. The monoisotopic (exact) mass is 324 g/mol. The van der Waals surface area contributed by atoms with E-state index < -0.39 is 0 Å². The van der Waals surface area contributed by atoms with Gasteiger partial charge >= 0.3 is 0 Å². The number of thioether (sulfide) groups is 1. The number of ether oxygens (including phenoxy) is 1. The summed E-state index contributed by atoms with van der Waals surface area (Å²) in [6.45, 7) is 3.50. The molecule has 0 aliphatic rings. The van der Waals surface area contributed by atoms with Crippen LogP contribution in [0.4, 0.5) is 0 Å². The summed E-state index contributed by atoms with van der Waals surface area (Å²) in [7, 11) is 0. The zero-order valence-corrected chi connectivity index (χ0v) is 14.0. The third-order valence-electron chi connectivity index (χ3n) is 3.46. The maximum absolute atomic E-state index is 5.40. The van der Waals surface area contributed by atoms with Crippen molar-refractivity contribution in [3.63, 3.8) is 0 Å². The van der Waals surface area contributed by atoms with Crippen LogP contribution < -0.4 is 0 Å². The highest BCUT2D eigenvalue weighted by atomic mass is 32.2. The molecule has 0 aliphatic heterocycles. The quantitative estimate of drug-likeness (QED) is 0.497. The lowest BCUT2D eigenvalue weighted by atomic mass is 10.1. The van der Waals surface area contributed by atoms with Crippen molar-refractivity contribution in [2.45, 2.75) is 12.1 Å². The number of H-pyrrole nitrogens is 1. The third kappa shape index (κ3) is 4.03. The van der Waals surface area contributed by atoms with Crippen molar-refractivity contribution in [2.75, 3.05) is 19.0 Å². The van der Waals surface area contributed by atoms with E-state index in [0.717, 1.165) is 46.6 Å². The summed E-state index contributed by atoms with van der Waals surface area (Å²) >= 11 is 1.69. The van der Waals surface area contributed by atoms with Gasteiger partial charge in [-0.3, -0.25) is 0 Å². The highest BCUT2D eigenvalue weighted by Gasteiger charge is 2.13. The van der Waals surface area contributed by atoms with Gasteiger partial charge in [-0.2, -0.15) is 0 Å². The first-order chi connectivity index (χ1) is 11.4. The van der Waals surface area contributed by atoms with E-state index in [2.05, 4.69) is 29.2 Å². The van der Waals surface area contributed by atoms with Crippen molar-refractivity contribution in [3.8, 4) is 22.5 Å². The van der Waals surface area contributed by atoms with E-state index >= 15 is 0 Å². The van der Waals surface area contributed by atoms with Crippen LogP contribution in [0.15, 0.2) is 65.8 Å². The lowest BCUT2D eigenvalue weighted by molar-refractivity contribution is 0.164. The molecule has 1 N–H and O–H groups in total. The summed E-state index contributed by atoms with van der Waals surface area (Å²) in [6.07, 6.45) is 0. The molecule has 0 bridgehead atoms. The number of imidazole rings is 1. The van der Waals surface area contributed by atoms with Gasteiger partial charge in [-0.25, -0.2) is 4.98 Å². The summed E-state index contributed by atoms with van der Waals surface area (Å²) in [4.78, 5) is 8.28. The minimum Gasteiger partial charge on any atom is -0.381 e. The van der Waals surface area contributed by atoms with Crippen molar-refractivity contribution in [2.24, 2.45) is 0 Å². The fourth-order valence-corrected chi connectivity index (χ4v) is 3.10. The normalized spacial score (nSPS) is 10.8. The molecule has 2 aromatic carbocycles. The predicted octanol–water partition coefficient (Wildman–Crippen LogP) is 4.87. The lowest BCUT2D eigenvalue weighted by Crippen LogP contribution is -1.96. The Hall–Kier alpha value is -2.04. The SMILES string of the molecule is CCOCCSc1nc(-c2ccccc2)c(-c2ccccc2)[nH]1. The van der Waals surface area contributed by atoms with E-state index in [4.69, 9.17) is 9.72 Å². The van der Waals surface area contributed by atoms with E-state index in [1.165, 1.54) is 0 Å². The van der Waals surface area contributed by atoms with Gasteiger partial charge < -0.3 is 9.72 Å². The Kier molecular flexibility index (Phi) is 5.51. The second-order valence-electron chi connectivity index (χ2n) is 5.04. The summed E-state index contributed by atoms with van der Waals surface area (Å²) in [6, 6.07) is 20.6. The second-order valence-corrected chi connectivity index (χ2v) is 6.13. The largest absolute Gasteiger partial charge is 0.381 e. The molecule has 0 radical (unpaired) electrons. The van der Waals surface area contributed by atoms with Crippen LogP contribution in [0.2, 0.25) is 0 Å². The number of nitrogens with zero attached hydrogens (tertiary/aromatic N) is 1. The van der Waals surface area contributed by atoms with Crippen molar-refractivity contribution < 1.29 is 4.74 Å². The Morgan fingerprint density at radius 2 is 1.61 bits per heavy atom. The summed E-state index contributed by atoms with van der Waals surface area (Å²) < 4.78 is 5.40. The van der Waals surface area contributed by atoms with Gasteiger partial charge in [-0.15, -0.1) is 0 Å². The zero-order valence-electron chi connectivity index (χ0n) is 13.2. The van der Waals surface area contributed by atoms with Crippen molar-refractivity contribution in [3.05, 3.63) is 60.7 Å². The van der Waals surface area contributed by atoms with Crippen LogP contribution >= 0.6 is 11.8 Å². The first-order valence-corrected chi connectivity index (χ1v) is 8.78. The van der Waals surface area contributed by atoms with E-state index in [1.54, 1.807) is 11.8 Å². The van der Waals surface area contributed by atoms with Crippen molar-refractivity contribution in [1.29, 1.82) is 0 Å². The molecule has 0 spiro atoms. The molecule has 3 aromatic rings. The smallest absolute Gasteiger partial charge is 0.166 e. The minimum absolute atomic E-state index is 0.739. The summed E-state index contributed by atoms with van der Waals surface area (Å²) in [5.74, 6) is 0.893. The molecular formula is C19H20N2OS. The maximum Gasteiger partial charge on any atom is 0.166 e. The standard InChI is InChI=1S/C19H20N2OS/c1-2-22-13-14-23-19-20-17(15-9-5-3-6-10-15)18(21-19)16-11-7-4-8-12-16/h3-12H,2,13-14H2,1H3,(H,20,21). The van der Waals surface area contributed by atoms with Crippen LogP contribution in [-0.4, -0.2) is 28.9 Å². The molecule has 0 aliphatic carbocycles. The van der Waals surface area contributed by atoms with Crippen LogP contribution in [0.1, 0.15) is 6.92 Å². The van der Waals surface area contributed by atoms with Gasteiger partial charge in [0.2, 0.25) is 0 Å². The highest BCUT2D eigenvalue weighted by molar-refractivity contribution is 7.99. The molecule has 0 amide bonds. The molecule has 3 nitrogen and oxygen atoms in total. The number of hydrogen-bond acceptors (Lipinski definition) is 3. The fourth-order valence-electron chi connectivity index (χ4n) is 2.38. The van der Waals surface area contributed by atoms with Crippen LogP contribution in [0, 0.1) is 0 Å². The number of benzene rings is 2. The summed E-state index contributed by atoms with van der Waals surface area (Å²) in [5, 5.41) is 0.933. The average Bonchev–Trinajstić information content (AvgIpc) is 3.05. The second kappa shape index (κ2) is 7.99. The molecule has 0 atom stereocenters. The number of aromatic nitrogens is 2. The number of aromatic amines is 1. The molecule has 0 fully saturated rings.